The van der Waals surface area contributed by atoms with Crippen LogP contribution >= 0.6 is 0 Å². The van der Waals surface area contributed by atoms with Crippen LogP contribution in [0.15, 0.2) is 90.0 Å². The van der Waals surface area contributed by atoms with E-state index in [0.717, 1.165) is 16.5 Å². The van der Waals surface area contributed by atoms with Crippen molar-refractivity contribution in [3.8, 4) is 11.1 Å². The Balaban J connectivity index is 1.41. The number of methoxy groups -OCH3 is 1. The van der Waals surface area contributed by atoms with Crippen molar-refractivity contribution in [3.05, 3.63) is 90.6 Å². The van der Waals surface area contributed by atoms with Crippen LogP contribution in [0.5, 0.6) is 0 Å². The summed E-state index contributed by atoms with van der Waals surface area (Å²) in [5.74, 6) is -0.217. The van der Waals surface area contributed by atoms with Gasteiger partial charge in [0, 0.05) is 35.8 Å². The summed E-state index contributed by atoms with van der Waals surface area (Å²) in [6.07, 6.45) is 1.74. The first kappa shape index (κ1) is 23.6. The first-order chi connectivity index (χ1) is 17.4. The highest BCUT2D eigenvalue weighted by molar-refractivity contribution is 7.90. The van der Waals surface area contributed by atoms with E-state index >= 15 is 0 Å². The third kappa shape index (κ3) is 4.33. The fourth-order valence-electron chi connectivity index (χ4n) is 4.55. The highest BCUT2D eigenvalue weighted by atomic mass is 32.2. The number of para-hydroxylation sites is 1. The molecular formula is C27H25N3O5S. The maximum absolute atomic E-state index is 13.6. The van der Waals surface area contributed by atoms with Gasteiger partial charge in [0.1, 0.15) is 0 Å². The van der Waals surface area contributed by atoms with Crippen LogP contribution in [0.2, 0.25) is 0 Å². The number of rotatable bonds is 5. The van der Waals surface area contributed by atoms with E-state index in [2.05, 4.69) is 10.1 Å². The second-order valence-corrected chi connectivity index (χ2v) is 10.4. The number of nitrogens with zero attached hydrogens (tertiary/aromatic N) is 2. The van der Waals surface area contributed by atoms with E-state index in [4.69, 9.17) is 0 Å². The van der Waals surface area contributed by atoms with Gasteiger partial charge in [0.05, 0.1) is 23.6 Å². The molecule has 1 N–H and O–H groups in total. The maximum atomic E-state index is 13.6. The van der Waals surface area contributed by atoms with Crippen LogP contribution in [0, 0.1) is 0 Å². The largest absolute Gasteiger partial charge is 0.453 e. The molecule has 1 aromatic heterocycles. The third-order valence-corrected chi connectivity index (χ3v) is 8.09. The van der Waals surface area contributed by atoms with Crippen LogP contribution in [0.1, 0.15) is 16.8 Å². The van der Waals surface area contributed by atoms with Crippen molar-refractivity contribution in [1.29, 1.82) is 0 Å². The standard InChI is InChI=1S/C27H25N3O5S/c1-35-27(32)28-21-15-16-29(17-21)26(31)20-11-13-22(14-12-20)36(33,34)30-18-24(19-7-3-2-4-8-19)23-9-5-6-10-25(23)30/h2-14,18,21H,15-17H2,1H3,(H,28,32)/t21-/m0/s1. The zero-order chi connectivity index (χ0) is 25.3. The molecule has 0 spiro atoms. The zero-order valence-corrected chi connectivity index (χ0v) is 20.4. The van der Waals surface area contributed by atoms with E-state index in [1.807, 2.05) is 48.5 Å². The lowest BCUT2D eigenvalue weighted by molar-refractivity contribution is 0.0788. The maximum Gasteiger partial charge on any atom is 0.407 e. The van der Waals surface area contributed by atoms with Crippen molar-refractivity contribution < 1.29 is 22.7 Å². The first-order valence-electron chi connectivity index (χ1n) is 11.5. The number of carbonyl (C=O) groups excluding carboxylic acids is 2. The van der Waals surface area contributed by atoms with Gasteiger partial charge in [-0.25, -0.2) is 17.2 Å². The molecule has 0 unspecified atom stereocenters. The summed E-state index contributed by atoms with van der Waals surface area (Å²) < 4.78 is 33.2. The Bertz CT molecular complexity index is 1530. The fraction of sp³-hybridized carbons (Fsp3) is 0.185. The number of aromatic nitrogens is 1. The van der Waals surface area contributed by atoms with Crippen molar-refractivity contribution in [1.82, 2.24) is 14.2 Å². The number of ether oxygens (including phenoxy) is 1. The monoisotopic (exact) mass is 503 g/mol. The topological polar surface area (TPSA) is 97.7 Å². The minimum atomic E-state index is -3.91. The summed E-state index contributed by atoms with van der Waals surface area (Å²) in [6.45, 7) is 0.858. The Hall–Kier alpha value is -4.11. The number of nitrogens with one attached hydrogen (secondary N) is 1. The Morgan fingerprint density at radius 3 is 2.36 bits per heavy atom. The number of amides is 2. The van der Waals surface area contributed by atoms with E-state index in [1.165, 1.54) is 35.3 Å². The molecule has 1 aliphatic rings. The predicted octanol–water partition coefficient (Wildman–Crippen LogP) is 4.12. The van der Waals surface area contributed by atoms with Crippen molar-refractivity contribution in [2.24, 2.45) is 0 Å². The SMILES string of the molecule is COC(=O)N[C@H]1CCN(C(=O)c2ccc(S(=O)(=O)n3cc(-c4ccccc4)c4ccccc43)cc2)C1. The van der Waals surface area contributed by atoms with Crippen LogP contribution in [-0.2, 0) is 14.8 Å². The van der Waals surface area contributed by atoms with Gasteiger partial charge in [-0.15, -0.1) is 0 Å². The van der Waals surface area contributed by atoms with Gasteiger partial charge >= 0.3 is 6.09 Å². The number of hydrogen-bond donors (Lipinski definition) is 1. The van der Waals surface area contributed by atoms with Crippen LogP contribution in [0.4, 0.5) is 4.79 Å². The molecule has 0 radical (unpaired) electrons. The quantitative estimate of drug-likeness (QED) is 0.442. The minimum absolute atomic E-state index is 0.0890. The van der Waals surface area contributed by atoms with Crippen LogP contribution in [0.3, 0.4) is 0 Å². The molecule has 9 heteroatoms. The summed E-state index contributed by atoms with van der Waals surface area (Å²) >= 11 is 0. The number of benzene rings is 3. The second kappa shape index (κ2) is 9.50. The van der Waals surface area contributed by atoms with Gasteiger partial charge in [0.25, 0.3) is 15.9 Å². The summed E-state index contributed by atoms with van der Waals surface area (Å²) in [4.78, 5) is 26.1. The van der Waals surface area contributed by atoms with E-state index in [0.29, 0.717) is 30.6 Å². The molecule has 0 bridgehead atoms. The second-order valence-electron chi connectivity index (χ2n) is 8.62. The minimum Gasteiger partial charge on any atom is -0.453 e. The van der Waals surface area contributed by atoms with E-state index < -0.39 is 16.1 Å². The Labute approximate surface area is 209 Å². The smallest absolute Gasteiger partial charge is 0.407 e. The summed E-state index contributed by atoms with van der Waals surface area (Å²) in [5.41, 5.74) is 2.72. The van der Waals surface area contributed by atoms with Crippen LogP contribution in [0.25, 0.3) is 22.0 Å². The average Bonchev–Trinajstić information content (AvgIpc) is 3.54. The van der Waals surface area contributed by atoms with Gasteiger partial charge in [-0.05, 0) is 42.3 Å². The molecule has 0 saturated carbocycles. The molecule has 3 aromatic carbocycles. The Morgan fingerprint density at radius 2 is 1.64 bits per heavy atom. The van der Waals surface area contributed by atoms with Gasteiger partial charge in [0.15, 0.2) is 0 Å². The van der Waals surface area contributed by atoms with Crippen molar-refractivity contribution in [3.63, 3.8) is 0 Å². The zero-order valence-electron chi connectivity index (χ0n) is 19.6. The molecule has 4 aromatic rings. The number of carbonyl (C=O) groups is 2. The number of hydrogen-bond acceptors (Lipinski definition) is 5. The normalized spacial score (nSPS) is 15.7. The first-order valence-corrected chi connectivity index (χ1v) is 13.0. The molecule has 5 rings (SSSR count). The molecule has 1 saturated heterocycles. The van der Waals surface area contributed by atoms with E-state index in [1.54, 1.807) is 17.2 Å². The molecule has 2 amide bonds. The molecule has 36 heavy (non-hydrogen) atoms. The molecule has 1 fully saturated rings. The van der Waals surface area contributed by atoms with Crippen LogP contribution < -0.4 is 5.32 Å². The molecule has 1 aliphatic heterocycles. The third-order valence-electron chi connectivity index (χ3n) is 6.40. The van der Waals surface area contributed by atoms with Crippen molar-refractivity contribution in [2.45, 2.75) is 17.4 Å². The molecule has 2 heterocycles. The lowest BCUT2D eigenvalue weighted by Crippen LogP contribution is -2.38. The van der Waals surface area contributed by atoms with Crippen LogP contribution in [-0.4, -0.2) is 55.5 Å². The van der Waals surface area contributed by atoms with Gasteiger partial charge in [-0.1, -0.05) is 48.5 Å². The van der Waals surface area contributed by atoms with Gasteiger partial charge < -0.3 is 15.0 Å². The summed E-state index contributed by atoms with van der Waals surface area (Å²) in [7, 11) is -2.62. The number of fused-ring (bicyclic) bond motifs is 1. The molecular weight excluding hydrogens is 478 g/mol. The van der Waals surface area contributed by atoms with Crippen molar-refractivity contribution >= 4 is 32.9 Å². The Kier molecular flexibility index (Phi) is 6.24. The lowest BCUT2D eigenvalue weighted by Gasteiger charge is -2.17. The number of likely N-dealkylation sites (tertiary alicyclic amines) is 1. The average molecular weight is 504 g/mol. The van der Waals surface area contributed by atoms with E-state index in [9.17, 15) is 18.0 Å². The Morgan fingerprint density at radius 1 is 0.944 bits per heavy atom. The summed E-state index contributed by atoms with van der Waals surface area (Å²) in [5, 5.41) is 3.54. The van der Waals surface area contributed by atoms with E-state index in [-0.39, 0.29) is 16.8 Å². The molecule has 1 atom stereocenters. The lowest BCUT2D eigenvalue weighted by atomic mass is 10.1. The molecule has 184 valence electrons. The summed E-state index contributed by atoms with van der Waals surface area (Å²) in [6, 6.07) is 22.8. The molecule has 0 aliphatic carbocycles. The predicted molar refractivity (Wildman–Crippen MR) is 136 cm³/mol. The number of alkyl carbamates (subject to hydrolysis) is 1. The fourth-order valence-corrected chi connectivity index (χ4v) is 5.92. The molecule has 8 nitrogen and oxygen atoms in total. The highest BCUT2D eigenvalue weighted by Gasteiger charge is 2.29. The van der Waals surface area contributed by atoms with Gasteiger partial charge in [-0.2, -0.15) is 0 Å². The van der Waals surface area contributed by atoms with Gasteiger partial charge in [-0.3, -0.25) is 4.79 Å². The highest BCUT2D eigenvalue weighted by Crippen LogP contribution is 2.33. The van der Waals surface area contributed by atoms with Crippen molar-refractivity contribution in [2.75, 3.05) is 20.2 Å². The van der Waals surface area contributed by atoms with Gasteiger partial charge in [0.2, 0.25) is 0 Å².